The Balaban J connectivity index is 2.35. The molecule has 0 spiro atoms. The van der Waals surface area contributed by atoms with E-state index in [-0.39, 0.29) is 11.7 Å². The summed E-state index contributed by atoms with van der Waals surface area (Å²) in [5.41, 5.74) is 2.57. The molecule has 0 unspecified atom stereocenters. The first kappa shape index (κ1) is 14.6. The molecule has 1 aromatic carbocycles. The molecule has 110 valence electrons. The smallest absolute Gasteiger partial charge is 0.374 e. The van der Waals surface area contributed by atoms with Crippen molar-refractivity contribution in [2.24, 2.45) is 5.84 Å². The van der Waals surface area contributed by atoms with Crippen molar-refractivity contribution in [1.29, 1.82) is 0 Å². The van der Waals surface area contributed by atoms with Gasteiger partial charge >= 0.3 is 11.6 Å². The van der Waals surface area contributed by atoms with E-state index >= 15 is 0 Å². The minimum Gasteiger partial charge on any atom is -0.434 e. The van der Waals surface area contributed by atoms with Crippen LogP contribution in [0.1, 0.15) is 5.56 Å². The number of anilines is 1. The summed E-state index contributed by atoms with van der Waals surface area (Å²) >= 11 is 0. The Morgan fingerprint density at radius 2 is 2.24 bits per heavy atom. The first-order chi connectivity index (χ1) is 10.2. The number of ether oxygens (including phenoxy) is 2. The molecular formula is C12H13N5O4. The highest BCUT2D eigenvalue weighted by atomic mass is 16.6. The monoisotopic (exact) mass is 291 g/mol. The van der Waals surface area contributed by atoms with Gasteiger partial charge in [0, 0.05) is 7.11 Å². The van der Waals surface area contributed by atoms with Crippen LogP contribution in [0.2, 0.25) is 0 Å². The molecule has 9 heteroatoms. The van der Waals surface area contributed by atoms with Crippen molar-refractivity contribution in [3.63, 3.8) is 0 Å². The maximum atomic E-state index is 11.1. The third kappa shape index (κ3) is 3.41. The van der Waals surface area contributed by atoms with Gasteiger partial charge in [0.25, 0.3) is 0 Å². The molecule has 0 aliphatic heterocycles. The number of hydrogen-bond donors (Lipinski definition) is 2. The van der Waals surface area contributed by atoms with E-state index in [0.29, 0.717) is 12.4 Å². The summed E-state index contributed by atoms with van der Waals surface area (Å²) in [6, 6.07) is 6.95. The summed E-state index contributed by atoms with van der Waals surface area (Å²) in [5.74, 6) is 5.27. The highest BCUT2D eigenvalue weighted by molar-refractivity contribution is 5.61. The molecule has 0 atom stereocenters. The summed E-state index contributed by atoms with van der Waals surface area (Å²) in [6.07, 6.45) is 1.12. The summed E-state index contributed by atoms with van der Waals surface area (Å²) in [7, 11) is 1.57. The fraction of sp³-hybridized carbons (Fsp3) is 0.167. The summed E-state index contributed by atoms with van der Waals surface area (Å²) < 4.78 is 10.5. The minimum absolute atomic E-state index is 0.127. The molecule has 9 nitrogen and oxygen atoms in total. The zero-order chi connectivity index (χ0) is 15.2. The van der Waals surface area contributed by atoms with Crippen molar-refractivity contribution < 1.29 is 14.4 Å². The Morgan fingerprint density at radius 1 is 1.43 bits per heavy atom. The number of nitrogens with zero attached hydrogens (tertiary/aromatic N) is 3. The molecule has 0 aliphatic rings. The molecule has 1 heterocycles. The zero-order valence-corrected chi connectivity index (χ0v) is 11.1. The second-order valence-corrected chi connectivity index (χ2v) is 3.96. The van der Waals surface area contributed by atoms with Crippen LogP contribution in [0.5, 0.6) is 11.6 Å². The molecule has 0 saturated carbocycles. The lowest BCUT2D eigenvalue weighted by Gasteiger charge is -2.08. The summed E-state index contributed by atoms with van der Waals surface area (Å²) in [4.78, 5) is 17.9. The van der Waals surface area contributed by atoms with Crippen LogP contribution >= 0.6 is 0 Å². The normalized spacial score (nSPS) is 10.2. The Bertz CT molecular complexity index is 649. The van der Waals surface area contributed by atoms with E-state index in [0.717, 1.165) is 11.9 Å². The first-order valence-electron chi connectivity index (χ1n) is 5.87. The quantitative estimate of drug-likeness (QED) is 0.467. The van der Waals surface area contributed by atoms with Gasteiger partial charge < -0.3 is 14.9 Å². The minimum atomic E-state index is -0.663. The molecule has 0 radical (unpaired) electrons. The number of nitrogens with one attached hydrogen (secondary N) is 1. The van der Waals surface area contributed by atoms with E-state index in [1.165, 1.54) is 0 Å². The molecule has 0 bridgehead atoms. The lowest BCUT2D eigenvalue weighted by Crippen LogP contribution is -2.12. The van der Waals surface area contributed by atoms with Gasteiger partial charge in [-0.2, -0.15) is 4.98 Å². The second kappa shape index (κ2) is 6.59. The van der Waals surface area contributed by atoms with E-state index in [9.17, 15) is 10.1 Å². The van der Waals surface area contributed by atoms with Gasteiger partial charge in [0.15, 0.2) is 0 Å². The van der Waals surface area contributed by atoms with Crippen molar-refractivity contribution >= 4 is 11.5 Å². The zero-order valence-electron chi connectivity index (χ0n) is 11.1. The van der Waals surface area contributed by atoms with E-state index in [1.54, 1.807) is 25.3 Å². The molecule has 0 amide bonds. The Morgan fingerprint density at radius 3 is 2.90 bits per heavy atom. The largest absolute Gasteiger partial charge is 0.434 e. The lowest BCUT2D eigenvalue weighted by molar-refractivity contribution is -0.385. The number of aromatic nitrogens is 2. The maximum absolute atomic E-state index is 11.1. The van der Waals surface area contributed by atoms with Gasteiger partial charge in [-0.1, -0.05) is 12.1 Å². The molecule has 21 heavy (non-hydrogen) atoms. The highest BCUT2D eigenvalue weighted by Crippen LogP contribution is 2.33. The van der Waals surface area contributed by atoms with Gasteiger partial charge in [-0.05, 0) is 17.7 Å². The van der Waals surface area contributed by atoms with Crippen LogP contribution in [-0.2, 0) is 11.3 Å². The van der Waals surface area contributed by atoms with E-state index < -0.39 is 10.6 Å². The van der Waals surface area contributed by atoms with Gasteiger partial charge in [0.05, 0.1) is 11.5 Å². The highest BCUT2D eigenvalue weighted by Gasteiger charge is 2.24. The SMILES string of the molecule is COCc1cccc(Oc2ncnc(NN)c2[N+](=O)[O-])c1. The molecule has 0 fully saturated rings. The molecule has 0 aliphatic carbocycles. The fourth-order valence-corrected chi connectivity index (χ4v) is 1.68. The van der Waals surface area contributed by atoms with Crippen LogP contribution in [0.25, 0.3) is 0 Å². The van der Waals surface area contributed by atoms with Gasteiger partial charge in [0.2, 0.25) is 5.82 Å². The van der Waals surface area contributed by atoms with Gasteiger partial charge in [-0.3, -0.25) is 10.1 Å². The van der Waals surface area contributed by atoms with E-state index in [4.69, 9.17) is 15.3 Å². The van der Waals surface area contributed by atoms with Crippen LogP contribution in [-0.4, -0.2) is 22.0 Å². The van der Waals surface area contributed by atoms with Gasteiger partial charge in [0.1, 0.15) is 12.1 Å². The van der Waals surface area contributed by atoms with Gasteiger partial charge in [-0.25, -0.2) is 10.8 Å². The number of nitrogen functional groups attached to an aromatic ring is 1. The predicted octanol–water partition coefficient (Wildman–Crippen LogP) is 1.61. The van der Waals surface area contributed by atoms with Crippen LogP contribution in [0.4, 0.5) is 11.5 Å². The van der Waals surface area contributed by atoms with Crippen molar-refractivity contribution in [1.82, 2.24) is 9.97 Å². The second-order valence-electron chi connectivity index (χ2n) is 3.96. The third-order valence-electron chi connectivity index (χ3n) is 2.53. The summed E-state index contributed by atoms with van der Waals surface area (Å²) in [6.45, 7) is 0.401. The standard InChI is InChI=1S/C12H13N5O4/c1-20-6-8-3-2-4-9(5-8)21-12-10(17(18)19)11(16-13)14-7-15-12/h2-5,7H,6,13H2,1H3,(H,14,15,16). The topological polar surface area (TPSA) is 125 Å². The molecule has 2 rings (SSSR count). The van der Waals surface area contributed by atoms with Crippen molar-refractivity contribution in [3.05, 3.63) is 46.3 Å². The van der Waals surface area contributed by atoms with Crippen LogP contribution < -0.4 is 16.0 Å². The number of nitrogens with two attached hydrogens (primary N) is 1. The van der Waals surface area contributed by atoms with E-state index in [1.807, 2.05) is 6.07 Å². The lowest BCUT2D eigenvalue weighted by atomic mass is 10.2. The molecule has 2 aromatic rings. The fourth-order valence-electron chi connectivity index (χ4n) is 1.68. The Kier molecular flexibility index (Phi) is 4.59. The third-order valence-corrected chi connectivity index (χ3v) is 2.53. The molecule has 1 aromatic heterocycles. The van der Waals surface area contributed by atoms with Crippen LogP contribution in [0.3, 0.4) is 0 Å². The number of rotatable bonds is 6. The van der Waals surface area contributed by atoms with Crippen molar-refractivity contribution in [2.45, 2.75) is 6.61 Å². The average molecular weight is 291 g/mol. The Labute approximate surface area is 119 Å². The summed E-state index contributed by atoms with van der Waals surface area (Å²) in [5, 5.41) is 11.1. The number of hydrazine groups is 1. The van der Waals surface area contributed by atoms with Crippen LogP contribution in [0, 0.1) is 10.1 Å². The Hall–Kier alpha value is -2.78. The number of benzene rings is 1. The average Bonchev–Trinajstić information content (AvgIpc) is 2.47. The maximum Gasteiger partial charge on any atom is 0.374 e. The van der Waals surface area contributed by atoms with Crippen molar-refractivity contribution in [3.8, 4) is 11.6 Å². The molecule has 0 saturated heterocycles. The van der Waals surface area contributed by atoms with Crippen molar-refractivity contribution in [2.75, 3.05) is 12.5 Å². The number of hydrogen-bond acceptors (Lipinski definition) is 8. The van der Waals surface area contributed by atoms with E-state index in [2.05, 4.69) is 15.4 Å². The number of methoxy groups -OCH3 is 1. The number of nitro groups is 1. The van der Waals surface area contributed by atoms with Crippen LogP contribution in [0.15, 0.2) is 30.6 Å². The predicted molar refractivity (Wildman–Crippen MR) is 73.7 cm³/mol. The van der Waals surface area contributed by atoms with Gasteiger partial charge in [-0.15, -0.1) is 0 Å². The molecule has 3 N–H and O–H groups in total. The first-order valence-corrected chi connectivity index (χ1v) is 5.87. The molecular weight excluding hydrogens is 278 g/mol.